The van der Waals surface area contributed by atoms with Gasteiger partial charge in [0.05, 0.1) is 17.3 Å². The number of aromatic nitrogens is 4. The largest absolute Gasteiger partial charge is 0.457 e. The maximum Gasteiger partial charge on any atom is 0.323 e. The van der Waals surface area contributed by atoms with Gasteiger partial charge >= 0.3 is 6.03 Å². The minimum atomic E-state index is -0.437. The molecule has 0 saturated carbocycles. The molecular weight excluding hydrogens is 423 g/mol. The third kappa shape index (κ3) is 4.47. The molecule has 8 nitrogen and oxygen atoms in total. The van der Waals surface area contributed by atoms with Crippen LogP contribution in [0.15, 0.2) is 85.3 Å². The SMILES string of the molecule is O=C(Nc1ccc(F)cc1)Nc1ccc(Oc2ccccc2-c2ncnc3[nH]ncc23)cc1. The Labute approximate surface area is 187 Å². The Bertz CT molecular complexity index is 1420. The van der Waals surface area contributed by atoms with Crippen LogP contribution in [0.25, 0.3) is 22.3 Å². The monoisotopic (exact) mass is 440 g/mol. The highest BCUT2D eigenvalue weighted by Crippen LogP contribution is 2.35. The zero-order chi connectivity index (χ0) is 22.6. The Kier molecular flexibility index (Phi) is 5.34. The molecule has 3 N–H and O–H groups in total. The molecule has 0 fully saturated rings. The Hall–Kier alpha value is -4.79. The van der Waals surface area contributed by atoms with Gasteiger partial charge in [-0.2, -0.15) is 5.10 Å². The Morgan fingerprint density at radius 2 is 1.58 bits per heavy atom. The number of aromatic amines is 1. The van der Waals surface area contributed by atoms with Gasteiger partial charge in [-0.3, -0.25) is 5.10 Å². The third-order valence-electron chi connectivity index (χ3n) is 4.83. The van der Waals surface area contributed by atoms with Crippen LogP contribution in [0.5, 0.6) is 11.5 Å². The lowest BCUT2D eigenvalue weighted by atomic mass is 10.1. The molecule has 2 amide bonds. The van der Waals surface area contributed by atoms with Gasteiger partial charge < -0.3 is 15.4 Å². The van der Waals surface area contributed by atoms with E-state index in [9.17, 15) is 9.18 Å². The van der Waals surface area contributed by atoms with Crippen LogP contribution in [-0.4, -0.2) is 26.2 Å². The van der Waals surface area contributed by atoms with Crippen molar-refractivity contribution in [1.29, 1.82) is 0 Å². The maximum absolute atomic E-state index is 13.0. The number of benzene rings is 3. The van der Waals surface area contributed by atoms with Gasteiger partial charge in [0, 0.05) is 16.9 Å². The first-order valence-electron chi connectivity index (χ1n) is 10.0. The van der Waals surface area contributed by atoms with E-state index in [2.05, 4.69) is 30.8 Å². The van der Waals surface area contributed by atoms with Gasteiger partial charge in [0.15, 0.2) is 5.65 Å². The number of nitrogens with zero attached hydrogens (tertiary/aromatic N) is 3. The lowest BCUT2D eigenvalue weighted by molar-refractivity contribution is 0.262. The van der Waals surface area contributed by atoms with Crippen LogP contribution in [0.4, 0.5) is 20.6 Å². The molecule has 0 aliphatic carbocycles. The molecule has 5 rings (SSSR count). The van der Waals surface area contributed by atoms with Crippen molar-refractivity contribution in [3.8, 4) is 22.8 Å². The van der Waals surface area contributed by atoms with Crippen LogP contribution in [0, 0.1) is 5.82 Å². The number of rotatable bonds is 5. The van der Waals surface area contributed by atoms with E-state index in [1.807, 2.05) is 24.3 Å². The van der Waals surface area contributed by atoms with Crippen molar-refractivity contribution in [2.75, 3.05) is 10.6 Å². The summed E-state index contributed by atoms with van der Waals surface area (Å²) in [5.41, 5.74) is 3.21. The van der Waals surface area contributed by atoms with Crippen LogP contribution < -0.4 is 15.4 Å². The van der Waals surface area contributed by atoms with Crippen LogP contribution in [-0.2, 0) is 0 Å². The topological polar surface area (TPSA) is 105 Å². The molecule has 0 bridgehead atoms. The number of para-hydroxylation sites is 1. The van der Waals surface area contributed by atoms with Gasteiger partial charge in [0.2, 0.25) is 0 Å². The number of H-pyrrole nitrogens is 1. The van der Waals surface area contributed by atoms with E-state index in [1.54, 1.807) is 30.5 Å². The fourth-order valence-corrected chi connectivity index (χ4v) is 3.29. The average molecular weight is 440 g/mol. The van der Waals surface area contributed by atoms with E-state index in [1.165, 1.54) is 30.6 Å². The quantitative estimate of drug-likeness (QED) is 0.330. The standard InChI is InChI=1S/C24H17FN6O2/c25-15-5-7-16(8-6-15)29-24(32)30-17-9-11-18(12-10-17)33-21-4-2-1-3-19(21)22-20-13-28-31-23(20)27-14-26-22/h1-14H,(H2,29,30,32)(H,26,27,28,31). The second-order valence-electron chi connectivity index (χ2n) is 7.06. The highest BCUT2D eigenvalue weighted by molar-refractivity contribution is 5.99. The molecule has 0 atom stereocenters. The van der Waals surface area contributed by atoms with Crippen molar-refractivity contribution >= 4 is 28.4 Å². The number of halogens is 1. The summed E-state index contributed by atoms with van der Waals surface area (Å²) in [5.74, 6) is 0.838. The normalized spacial score (nSPS) is 10.7. The number of carbonyl (C=O) groups excluding carboxylic acids is 1. The molecular formula is C24H17FN6O2. The minimum absolute atomic E-state index is 0.369. The van der Waals surface area contributed by atoms with Gasteiger partial charge in [0.1, 0.15) is 23.6 Å². The first kappa shape index (κ1) is 20.1. The van der Waals surface area contributed by atoms with Crippen molar-refractivity contribution < 1.29 is 13.9 Å². The van der Waals surface area contributed by atoms with E-state index in [0.717, 1.165) is 10.9 Å². The molecule has 9 heteroatoms. The fourth-order valence-electron chi connectivity index (χ4n) is 3.29. The number of urea groups is 1. The highest BCUT2D eigenvalue weighted by Gasteiger charge is 2.13. The molecule has 2 heterocycles. The van der Waals surface area contributed by atoms with Crippen molar-refractivity contribution in [2.45, 2.75) is 0 Å². The Morgan fingerprint density at radius 3 is 2.33 bits per heavy atom. The van der Waals surface area contributed by atoms with E-state index in [-0.39, 0.29) is 5.82 Å². The molecule has 5 aromatic rings. The molecule has 0 aliphatic heterocycles. The number of carbonyl (C=O) groups is 1. The lowest BCUT2D eigenvalue weighted by Crippen LogP contribution is -2.19. The summed E-state index contributed by atoms with van der Waals surface area (Å²) in [7, 11) is 0. The maximum atomic E-state index is 13.0. The number of hydrogen-bond acceptors (Lipinski definition) is 5. The average Bonchev–Trinajstić information content (AvgIpc) is 3.31. The fraction of sp³-hybridized carbons (Fsp3) is 0. The van der Waals surface area contributed by atoms with Crippen LogP contribution in [0.3, 0.4) is 0 Å². The minimum Gasteiger partial charge on any atom is -0.457 e. The van der Waals surface area contributed by atoms with Crippen molar-refractivity contribution in [1.82, 2.24) is 20.2 Å². The molecule has 162 valence electrons. The molecule has 2 aromatic heterocycles. The number of nitrogens with one attached hydrogen (secondary N) is 3. The van der Waals surface area contributed by atoms with E-state index >= 15 is 0 Å². The van der Waals surface area contributed by atoms with Crippen molar-refractivity contribution in [2.24, 2.45) is 0 Å². The number of anilines is 2. The number of ether oxygens (including phenoxy) is 1. The zero-order valence-corrected chi connectivity index (χ0v) is 17.1. The summed E-state index contributed by atoms with van der Waals surface area (Å²) in [6.07, 6.45) is 3.16. The lowest BCUT2D eigenvalue weighted by Gasteiger charge is -2.12. The summed E-state index contributed by atoms with van der Waals surface area (Å²) in [5, 5.41) is 13.0. The van der Waals surface area contributed by atoms with Gasteiger partial charge in [0.25, 0.3) is 0 Å². The highest BCUT2D eigenvalue weighted by atomic mass is 19.1. The number of fused-ring (bicyclic) bond motifs is 1. The first-order valence-corrected chi connectivity index (χ1v) is 10.0. The summed E-state index contributed by atoms with van der Waals surface area (Å²) >= 11 is 0. The predicted molar refractivity (Wildman–Crippen MR) is 123 cm³/mol. The van der Waals surface area contributed by atoms with Gasteiger partial charge in [-0.1, -0.05) is 12.1 Å². The Morgan fingerprint density at radius 1 is 0.879 bits per heavy atom. The number of hydrogen-bond donors (Lipinski definition) is 3. The smallest absolute Gasteiger partial charge is 0.323 e. The molecule has 33 heavy (non-hydrogen) atoms. The summed E-state index contributed by atoms with van der Waals surface area (Å²) in [6.45, 7) is 0. The van der Waals surface area contributed by atoms with Crippen LogP contribution in [0.1, 0.15) is 0 Å². The molecule has 0 radical (unpaired) electrons. The molecule has 0 saturated heterocycles. The van der Waals surface area contributed by atoms with Gasteiger partial charge in [-0.25, -0.2) is 19.2 Å². The third-order valence-corrected chi connectivity index (χ3v) is 4.83. The van der Waals surface area contributed by atoms with Crippen LogP contribution in [0.2, 0.25) is 0 Å². The summed E-state index contributed by atoms with van der Waals surface area (Å²) in [6, 6.07) is 19.6. The van der Waals surface area contributed by atoms with Crippen LogP contribution >= 0.6 is 0 Å². The van der Waals surface area contributed by atoms with Crippen molar-refractivity contribution in [3.05, 3.63) is 91.1 Å². The molecule has 3 aromatic carbocycles. The number of amides is 2. The molecule has 0 spiro atoms. The predicted octanol–water partition coefficient (Wildman–Crippen LogP) is 5.60. The van der Waals surface area contributed by atoms with Crippen molar-refractivity contribution in [3.63, 3.8) is 0 Å². The zero-order valence-electron chi connectivity index (χ0n) is 17.1. The first-order chi connectivity index (χ1) is 16.2. The van der Waals surface area contributed by atoms with Gasteiger partial charge in [-0.15, -0.1) is 0 Å². The summed E-state index contributed by atoms with van der Waals surface area (Å²) < 4.78 is 19.1. The second-order valence-corrected chi connectivity index (χ2v) is 7.06. The van der Waals surface area contributed by atoms with E-state index < -0.39 is 6.03 Å². The Balaban J connectivity index is 1.31. The second kappa shape index (κ2) is 8.75. The van der Waals surface area contributed by atoms with E-state index in [0.29, 0.717) is 34.2 Å². The summed E-state index contributed by atoms with van der Waals surface area (Å²) in [4.78, 5) is 20.8. The van der Waals surface area contributed by atoms with E-state index in [4.69, 9.17) is 4.74 Å². The molecule has 0 aliphatic rings. The van der Waals surface area contributed by atoms with Gasteiger partial charge in [-0.05, 0) is 60.7 Å². The molecule has 0 unspecified atom stereocenters.